The van der Waals surface area contributed by atoms with Gasteiger partial charge in [-0.2, -0.15) is 0 Å². The van der Waals surface area contributed by atoms with Crippen molar-refractivity contribution in [3.8, 4) is 17.1 Å². The SMILES string of the molecule is CCc1c2c(nc3ccc(OC(=O)N(C)CCN(C)C(=O)OC(C)C)cc13)-c1cc3c(c(=O)n1C2)COC(=O)[C@]3(O)CC. The van der Waals surface area contributed by atoms with Crippen LogP contribution in [0.1, 0.15) is 56.4 Å². The van der Waals surface area contributed by atoms with E-state index in [1.54, 1.807) is 63.7 Å². The lowest BCUT2D eigenvalue weighted by atomic mass is 9.86. The summed E-state index contributed by atoms with van der Waals surface area (Å²) < 4.78 is 17.6. The van der Waals surface area contributed by atoms with Crippen LogP contribution in [0.25, 0.3) is 22.3 Å². The molecule has 0 unspecified atom stereocenters. The Morgan fingerprint density at radius 1 is 1.09 bits per heavy atom. The first-order valence-electron chi connectivity index (χ1n) is 14.4. The molecule has 2 amide bonds. The molecule has 4 heterocycles. The Hall–Kier alpha value is -4.45. The van der Waals surface area contributed by atoms with Gasteiger partial charge in [0.15, 0.2) is 5.60 Å². The van der Waals surface area contributed by atoms with Gasteiger partial charge in [0.05, 0.1) is 35.1 Å². The highest BCUT2D eigenvalue weighted by atomic mass is 16.6. The molecule has 0 radical (unpaired) electrons. The fraction of sp³-hybridized carbons (Fsp3) is 0.452. The lowest BCUT2D eigenvalue weighted by Gasteiger charge is -2.31. The Bertz CT molecular complexity index is 1700. The van der Waals surface area contributed by atoms with Gasteiger partial charge in [-0.25, -0.2) is 19.4 Å². The van der Waals surface area contributed by atoms with E-state index >= 15 is 0 Å². The molecule has 0 saturated carbocycles. The van der Waals surface area contributed by atoms with Crippen molar-refractivity contribution in [2.45, 2.75) is 65.4 Å². The van der Waals surface area contributed by atoms with Gasteiger partial charge >= 0.3 is 18.2 Å². The molecule has 12 heteroatoms. The maximum Gasteiger partial charge on any atom is 0.415 e. The lowest BCUT2D eigenvalue weighted by molar-refractivity contribution is -0.172. The number of nitrogens with zero attached hydrogens (tertiary/aromatic N) is 4. The maximum atomic E-state index is 13.5. The number of rotatable bonds is 7. The van der Waals surface area contributed by atoms with Gasteiger partial charge in [-0.05, 0) is 56.5 Å². The fourth-order valence-electron chi connectivity index (χ4n) is 5.56. The van der Waals surface area contributed by atoms with Gasteiger partial charge in [-0.15, -0.1) is 0 Å². The fourth-order valence-corrected chi connectivity index (χ4v) is 5.56. The molecule has 1 N–H and O–H groups in total. The average molecular weight is 593 g/mol. The third-order valence-corrected chi connectivity index (χ3v) is 8.07. The molecule has 0 fully saturated rings. The number of fused-ring (bicyclic) bond motifs is 5. The van der Waals surface area contributed by atoms with Gasteiger partial charge in [0.1, 0.15) is 12.4 Å². The van der Waals surface area contributed by atoms with Crippen LogP contribution in [0.15, 0.2) is 29.1 Å². The topological polar surface area (TPSA) is 140 Å². The molecule has 3 aromatic rings. The smallest absolute Gasteiger partial charge is 0.415 e. The monoisotopic (exact) mass is 592 g/mol. The summed E-state index contributed by atoms with van der Waals surface area (Å²) in [6.07, 6.45) is -0.595. The van der Waals surface area contributed by atoms with Crippen molar-refractivity contribution in [2.24, 2.45) is 0 Å². The Labute approximate surface area is 248 Å². The lowest BCUT2D eigenvalue weighted by Crippen LogP contribution is -2.44. The second-order valence-corrected chi connectivity index (χ2v) is 11.2. The molecule has 2 aliphatic rings. The third-order valence-electron chi connectivity index (χ3n) is 8.07. The van der Waals surface area contributed by atoms with Crippen molar-refractivity contribution in [1.82, 2.24) is 19.4 Å². The maximum absolute atomic E-state index is 13.5. The van der Waals surface area contributed by atoms with Crippen molar-refractivity contribution in [1.29, 1.82) is 0 Å². The molecular weight excluding hydrogens is 556 g/mol. The summed E-state index contributed by atoms with van der Waals surface area (Å²) in [5, 5.41) is 11.9. The number of aromatic nitrogens is 2. The molecule has 5 rings (SSSR count). The first kappa shape index (κ1) is 30.0. The summed E-state index contributed by atoms with van der Waals surface area (Å²) in [5.41, 5.74) is 1.94. The number of esters is 1. The third kappa shape index (κ3) is 5.20. The number of benzene rings is 1. The van der Waals surface area contributed by atoms with Crippen LogP contribution in [0.3, 0.4) is 0 Å². The number of cyclic esters (lactones) is 1. The highest BCUT2D eigenvalue weighted by Gasteiger charge is 2.45. The van der Waals surface area contributed by atoms with Gasteiger partial charge in [0.2, 0.25) is 0 Å². The minimum absolute atomic E-state index is 0.0675. The van der Waals surface area contributed by atoms with E-state index in [9.17, 15) is 24.3 Å². The predicted molar refractivity (Wildman–Crippen MR) is 157 cm³/mol. The van der Waals surface area contributed by atoms with Crippen molar-refractivity contribution < 1.29 is 33.7 Å². The molecule has 1 aromatic carbocycles. The number of hydrogen-bond donors (Lipinski definition) is 1. The van der Waals surface area contributed by atoms with E-state index in [1.165, 1.54) is 9.80 Å². The first-order chi connectivity index (χ1) is 20.4. The average Bonchev–Trinajstić information content (AvgIpc) is 3.34. The molecule has 43 heavy (non-hydrogen) atoms. The molecule has 12 nitrogen and oxygen atoms in total. The van der Waals surface area contributed by atoms with E-state index in [-0.39, 0.29) is 55.5 Å². The number of aliphatic hydroxyl groups is 1. The van der Waals surface area contributed by atoms with Crippen LogP contribution >= 0.6 is 0 Å². The normalized spacial score (nSPS) is 16.8. The largest absolute Gasteiger partial charge is 0.458 e. The number of hydrogen-bond acceptors (Lipinski definition) is 9. The summed E-state index contributed by atoms with van der Waals surface area (Å²) in [7, 11) is 3.19. The van der Waals surface area contributed by atoms with Crippen LogP contribution in [0.2, 0.25) is 0 Å². The first-order valence-corrected chi connectivity index (χ1v) is 14.4. The summed E-state index contributed by atoms with van der Waals surface area (Å²) in [5.74, 6) is -0.431. The van der Waals surface area contributed by atoms with Crippen LogP contribution in [-0.4, -0.2) is 75.9 Å². The van der Waals surface area contributed by atoms with E-state index < -0.39 is 23.8 Å². The van der Waals surface area contributed by atoms with Crippen molar-refractivity contribution in [3.05, 3.63) is 56.9 Å². The highest BCUT2D eigenvalue weighted by molar-refractivity contribution is 5.90. The van der Waals surface area contributed by atoms with Crippen LogP contribution in [0.4, 0.5) is 9.59 Å². The number of carbonyl (C=O) groups excluding carboxylic acids is 3. The Morgan fingerprint density at radius 2 is 1.79 bits per heavy atom. The number of pyridine rings is 2. The van der Waals surface area contributed by atoms with Crippen molar-refractivity contribution >= 4 is 29.1 Å². The van der Waals surface area contributed by atoms with Crippen LogP contribution < -0.4 is 10.3 Å². The van der Waals surface area contributed by atoms with E-state index in [0.717, 1.165) is 16.5 Å². The summed E-state index contributed by atoms with van der Waals surface area (Å²) >= 11 is 0. The summed E-state index contributed by atoms with van der Waals surface area (Å²) in [6, 6.07) is 6.86. The Kier molecular flexibility index (Phi) is 7.91. The van der Waals surface area contributed by atoms with Crippen molar-refractivity contribution in [2.75, 3.05) is 27.2 Å². The van der Waals surface area contributed by atoms with Crippen LogP contribution in [0.5, 0.6) is 5.75 Å². The molecule has 0 aliphatic carbocycles. The second-order valence-electron chi connectivity index (χ2n) is 11.2. The standard InChI is InChI=1S/C31H36N4O8/c1-7-19-20-13-18(43-30(39)34(6)12-11-33(5)29(38)42-17(3)4)9-10-24(20)32-26-21(19)15-35-25(26)14-23-22(27(35)36)16-41-28(37)31(23,40)8-2/h9-10,13-14,17,40H,7-8,11-12,15-16H2,1-6H3/t31-/m0/s1. The van der Waals surface area contributed by atoms with Gasteiger partial charge in [-0.3, -0.25) is 4.79 Å². The van der Waals surface area contributed by atoms with Gasteiger partial charge in [-0.1, -0.05) is 13.8 Å². The number of amides is 2. The summed E-state index contributed by atoms with van der Waals surface area (Å²) in [4.78, 5) is 58.5. The molecule has 0 bridgehead atoms. The molecule has 1 atom stereocenters. The van der Waals surface area contributed by atoms with E-state index in [2.05, 4.69) is 0 Å². The molecule has 0 saturated heterocycles. The number of aryl methyl sites for hydroxylation is 1. The molecule has 228 valence electrons. The summed E-state index contributed by atoms with van der Waals surface area (Å²) in [6.45, 7) is 7.80. The quantitative estimate of drug-likeness (QED) is 0.319. The Balaban J connectivity index is 1.43. The van der Waals surface area contributed by atoms with Crippen molar-refractivity contribution in [3.63, 3.8) is 0 Å². The van der Waals surface area contributed by atoms with E-state index in [0.29, 0.717) is 29.1 Å². The van der Waals surface area contributed by atoms with Crippen LogP contribution in [-0.2, 0) is 39.4 Å². The molecule has 2 aliphatic heterocycles. The van der Waals surface area contributed by atoms with Gasteiger partial charge in [0.25, 0.3) is 5.56 Å². The van der Waals surface area contributed by atoms with Gasteiger partial charge < -0.3 is 33.7 Å². The zero-order valence-electron chi connectivity index (χ0n) is 25.2. The van der Waals surface area contributed by atoms with E-state index in [1.807, 2.05) is 6.92 Å². The number of ether oxygens (including phenoxy) is 3. The van der Waals surface area contributed by atoms with E-state index in [4.69, 9.17) is 19.2 Å². The molecule has 0 spiro atoms. The van der Waals surface area contributed by atoms with Crippen LogP contribution in [0, 0.1) is 0 Å². The Morgan fingerprint density at radius 3 is 2.44 bits per heavy atom. The van der Waals surface area contributed by atoms with Gasteiger partial charge in [0, 0.05) is 43.7 Å². The number of carbonyl (C=O) groups is 3. The highest BCUT2D eigenvalue weighted by Crippen LogP contribution is 2.40. The zero-order chi connectivity index (χ0) is 31.2. The second kappa shape index (κ2) is 11.3. The molecular formula is C31H36N4O8. The number of likely N-dealkylation sites (N-methyl/N-ethyl adjacent to an activating group) is 2. The predicted octanol–water partition coefficient (Wildman–Crippen LogP) is 3.55. The zero-order valence-corrected chi connectivity index (χ0v) is 25.2. The molecule has 2 aromatic heterocycles. The minimum Gasteiger partial charge on any atom is -0.458 e. The minimum atomic E-state index is -1.89.